The Balaban J connectivity index is 4.18. The highest BCUT2D eigenvalue weighted by Gasteiger charge is 2.41. The zero-order chi connectivity index (χ0) is 11.2. The second-order valence-electron chi connectivity index (χ2n) is 3.47. The van der Waals surface area contributed by atoms with E-state index in [1.165, 1.54) is 11.9 Å². The molecule has 14 heavy (non-hydrogen) atoms. The molecule has 0 fully saturated rings. The molecule has 0 amide bonds. The van der Waals surface area contributed by atoms with Crippen LogP contribution in [0.5, 0.6) is 0 Å². The molecule has 2 N–H and O–H groups in total. The van der Waals surface area contributed by atoms with Gasteiger partial charge in [-0.15, -0.1) is 0 Å². The highest BCUT2D eigenvalue weighted by atomic mass is 19.4. The molecule has 0 aromatic heterocycles. The van der Waals surface area contributed by atoms with E-state index in [1.807, 2.05) is 6.92 Å². The predicted octanol–water partition coefficient (Wildman–Crippen LogP) is 2.00. The minimum Gasteiger partial charge on any atom is -0.330 e. The molecule has 86 valence electrons. The molecule has 1 atom stereocenters. The second-order valence-corrected chi connectivity index (χ2v) is 3.47. The van der Waals surface area contributed by atoms with Gasteiger partial charge in [-0.25, -0.2) is 0 Å². The molecule has 0 aliphatic heterocycles. The molecule has 2 nitrogen and oxygen atoms in total. The van der Waals surface area contributed by atoms with E-state index in [1.54, 1.807) is 0 Å². The summed E-state index contributed by atoms with van der Waals surface area (Å²) in [6.45, 7) is 2.50. The third kappa shape index (κ3) is 4.81. The van der Waals surface area contributed by atoms with E-state index in [4.69, 9.17) is 5.73 Å². The topological polar surface area (TPSA) is 29.3 Å². The minimum atomic E-state index is -4.16. The quantitative estimate of drug-likeness (QED) is 0.729. The van der Waals surface area contributed by atoms with Gasteiger partial charge in [0.15, 0.2) is 0 Å². The van der Waals surface area contributed by atoms with Crippen molar-refractivity contribution in [1.29, 1.82) is 0 Å². The Morgan fingerprint density at radius 3 is 2.29 bits per heavy atom. The van der Waals surface area contributed by atoms with Crippen LogP contribution in [0.25, 0.3) is 0 Å². The number of nitrogens with zero attached hydrogens (tertiary/aromatic N) is 1. The van der Waals surface area contributed by atoms with E-state index in [-0.39, 0.29) is 13.0 Å². The van der Waals surface area contributed by atoms with Gasteiger partial charge in [-0.2, -0.15) is 13.2 Å². The SMILES string of the molecule is CCCCN(C)C(CCN)C(F)(F)F. The average molecular weight is 212 g/mol. The van der Waals surface area contributed by atoms with Gasteiger partial charge in [0.05, 0.1) is 0 Å². The second kappa shape index (κ2) is 6.24. The normalized spacial score (nSPS) is 14.8. The number of halogens is 3. The maximum Gasteiger partial charge on any atom is 0.404 e. The smallest absolute Gasteiger partial charge is 0.330 e. The van der Waals surface area contributed by atoms with Crippen molar-refractivity contribution in [1.82, 2.24) is 4.90 Å². The number of alkyl halides is 3. The van der Waals surface area contributed by atoms with E-state index < -0.39 is 12.2 Å². The largest absolute Gasteiger partial charge is 0.404 e. The Bertz CT molecular complexity index is 147. The molecule has 0 spiro atoms. The molecule has 0 aromatic carbocycles. The summed E-state index contributed by atoms with van der Waals surface area (Å²) in [5.74, 6) is 0. The van der Waals surface area contributed by atoms with E-state index in [0.29, 0.717) is 6.54 Å². The van der Waals surface area contributed by atoms with Crippen molar-refractivity contribution in [3.05, 3.63) is 0 Å². The summed E-state index contributed by atoms with van der Waals surface area (Å²) >= 11 is 0. The summed E-state index contributed by atoms with van der Waals surface area (Å²) in [6, 6.07) is -1.39. The van der Waals surface area contributed by atoms with Crippen molar-refractivity contribution in [2.24, 2.45) is 5.73 Å². The van der Waals surface area contributed by atoms with Crippen LogP contribution in [0.3, 0.4) is 0 Å². The van der Waals surface area contributed by atoms with Gasteiger partial charge in [0.2, 0.25) is 0 Å². The maximum atomic E-state index is 12.5. The average Bonchev–Trinajstić information content (AvgIpc) is 2.08. The molecule has 0 aliphatic carbocycles. The number of hydrogen-bond donors (Lipinski definition) is 1. The van der Waals surface area contributed by atoms with Crippen LogP contribution in [-0.2, 0) is 0 Å². The standard InChI is InChI=1S/C9H19F3N2/c1-3-4-7-14(2)8(5-6-13)9(10,11)12/h8H,3-7,13H2,1-2H3. The van der Waals surface area contributed by atoms with Crippen molar-refractivity contribution in [3.8, 4) is 0 Å². The Kier molecular flexibility index (Phi) is 6.11. The lowest BCUT2D eigenvalue weighted by Crippen LogP contribution is -2.45. The molecule has 0 bridgehead atoms. The summed E-state index contributed by atoms with van der Waals surface area (Å²) in [7, 11) is 1.50. The highest BCUT2D eigenvalue weighted by Crippen LogP contribution is 2.26. The van der Waals surface area contributed by atoms with Gasteiger partial charge >= 0.3 is 6.18 Å². The van der Waals surface area contributed by atoms with E-state index in [0.717, 1.165) is 12.8 Å². The van der Waals surface area contributed by atoms with Gasteiger partial charge in [0.25, 0.3) is 0 Å². The van der Waals surface area contributed by atoms with Crippen LogP contribution in [0.2, 0.25) is 0 Å². The van der Waals surface area contributed by atoms with Crippen LogP contribution >= 0.6 is 0 Å². The molecule has 0 aliphatic rings. The maximum absolute atomic E-state index is 12.5. The van der Waals surface area contributed by atoms with E-state index in [2.05, 4.69) is 0 Å². The van der Waals surface area contributed by atoms with Crippen LogP contribution in [0.4, 0.5) is 13.2 Å². The number of nitrogens with two attached hydrogens (primary N) is 1. The summed E-state index contributed by atoms with van der Waals surface area (Å²) in [4.78, 5) is 1.34. The van der Waals surface area contributed by atoms with Gasteiger partial charge in [0.1, 0.15) is 6.04 Å². The Morgan fingerprint density at radius 1 is 1.36 bits per heavy atom. The third-order valence-corrected chi connectivity index (χ3v) is 2.21. The molecule has 5 heteroatoms. The lowest BCUT2D eigenvalue weighted by molar-refractivity contribution is -0.181. The molecule has 1 unspecified atom stereocenters. The molecule has 0 saturated heterocycles. The van der Waals surface area contributed by atoms with Crippen molar-refractivity contribution >= 4 is 0 Å². The molecule has 0 rings (SSSR count). The van der Waals surface area contributed by atoms with Crippen LogP contribution < -0.4 is 5.73 Å². The molecular weight excluding hydrogens is 193 g/mol. The van der Waals surface area contributed by atoms with Gasteiger partial charge in [-0.05, 0) is 33.0 Å². The minimum absolute atomic E-state index is 0.0241. The molecule has 0 aromatic rings. The van der Waals surface area contributed by atoms with Crippen molar-refractivity contribution in [3.63, 3.8) is 0 Å². The Labute approximate surface area is 83.3 Å². The Hall–Kier alpha value is -0.290. The van der Waals surface area contributed by atoms with Gasteiger partial charge in [-0.3, -0.25) is 4.90 Å². The molecule has 0 saturated carbocycles. The first-order chi connectivity index (χ1) is 6.43. The lowest BCUT2D eigenvalue weighted by atomic mass is 10.1. The van der Waals surface area contributed by atoms with Crippen molar-refractivity contribution < 1.29 is 13.2 Å². The van der Waals surface area contributed by atoms with E-state index >= 15 is 0 Å². The van der Waals surface area contributed by atoms with Crippen LogP contribution in [-0.4, -0.2) is 37.3 Å². The zero-order valence-corrected chi connectivity index (χ0v) is 8.77. The lowest BCUT2D eigenvalue weighted by Gasteiger charge is -2.29. The first kappa shape index (κ1) is 13.7. The summed E-state index contributed by atoms with van der Waals surface area (Å²) in [5.41, 5.74) is 5.17. The zero-order valence-electron chi connectivity index (χ0n) is 8.77. The van der Waals surface area contributed by atoms with Gasteiger partial charge < -0.3 is 5.73 Å². The highest BCUT2D eigenvalue weighted by molar-refractivity contribution is 4.76. The fraction of sp³-hybridized carbons (Fsp3) is 1.00. The number of unbranched alkanes of at least 4 members (excludes halogenated alkanes) is 1. The van der Waals surface area contributed by atoms with Gasteiger partial charge in [-0.1, -0.05) is 13.3 Å². The number of hydrogen-bond acceptors (Lipinski definition) is 2. The van der Waals surface area contributed by atoms with Crippen LogP contribution in [0, 0.1) is 0 Å². The fourth-order valence-corrected chi connectivity index (χ4v) is 1.36. The fourth-order valence-electron chi connectivity index (χ4n) is 1.36. The molecular formula is C9H19F3N2. The third-order valence-electron chi connectivity index (χ3n) is 2.21. The van der Waals surface area contributed by atoms with Crippen LogP contribution in [0.15, 0.2) is 0 Å². The monoisotopic (exact) mass is 212 g/mol. The summed E-state index contributed by atoms with van der Waals surface area (Å²) in [6.07, 6.45) is -2.50. The summed E-state index contributed by atoms with van der Waals surface area (Å²) < 4.78 is 37.5. The van der Waals surface area contributed by atoms with Gasteiger partial charge in [0, 0.05) is 0 Å². The number of rotatable bonds is 6. The molecule has 0 heterocycles. The Morgan fingerprint density at radius 2 is 1.93 bits per heavy atom. The summed E-state index contributed by atoms with van der Waals surface area (Å²) in [5, 5.41) is 0. The first-order valence-electron chi connectivity index (χ1n) is 4.90. The van der Waals surface area contributed by atoms with Crippen molar-refractivity contribution in [2.75, 3.05) is 20.1 Å². The van der Waals surface area contributed by atoms with Crippen molar-refractivity contribution in [2.45, 2.75) is 38.4 Å². The van der Waals surface area contributed by atoms with Crippen LogP contribution in [0.1, 0.15) is 26.2 Å². The first-order valence-corrected chi connectivity index (χ1v) is 4.90. The van der Waals surface area contributed by atoms with E-state index in [9.17, 15) is 13.2 Å². The molecule has 0 radical (unpaired) electrons. The predicted molar refractivity (Wildman–Crippen MR) is 51.1 cm³/mol.